The van der Waals surface area contributed by atoms with Crippen molar-refractivity contribution in [2.75, 3.05) is 47.4 Å². The smallest absolute Gasteiger partial charge is 0.226 e. The number of hydrogen-bond donors (Lipinski definition) is 2. The Morgan fingerprint density at radius 1 is 0.947 bits per heavy atom. The Hall–Kier alpha value is -4.23. The number of nitrogens with zero attached hydrogens (tertiary/aromatic N) is 8. The zero-order valence-electron chi connectivity index (χ0n) is 21.4. The maximum atomic E-state index is 9.12. The van der Waals surface area contributed by atoms with Crippen LogP contribution in [0.15, 0.2) is 48.8 Å². The van der Waals surface area contributed by atoms with E-state index < -0.39 is 0 Å². The number of piperazine rings is 2. The molecule has 1 aromatic carbocycles. The Bertz CT molecular complexity index is 1480. The number of nitrogens with one attached hydrogen (secondary N) is 2. The van der Waals surface area contributed by atoms with E-state index in [9.17, 15) is 0 Å². The Morgan fingerprint density at radius 2 is 1.76 bits per heavy atom. The highest BCUT2D eigenvalue weighted by atomic mass is 15.4. The summed E-state index contributed by atoms with van der Waals surface area (Å²) in [5.74, 6) is 1.76. The van der Waals surface area contributed by atoms with Gasteiger partial charge in [0.2, 0.25) is 5.95 Å². The van der Waals surface area contributed by atoms with Gasteiger partial charge in [-0.25, -0.2) is 15.0 Å². The fourth-order valence-electron chi connectivity index (χ4n) is 6.17. The molecule has 192 valence electrons. The van der Waals surface area contributed by atoms with Crippen LogP contribution in [0.5, 0.6) is 0 Å². The summed E-state index contributed by atoms with van der Waals surface area (Å²) >= 11 is 0. The van der Waals surface area contributed by atoms with Crippen LogP contribution in [0.4, 0.5) is 17.5 Å². The summed E-state index contributed by atoms with van der Waals surface area (Å²) in [6, 6.07) is 15.4. The molecule has 0 amide bonds. The second-order valence-electron chi connectivity index (χ2n) is 10.6. The number of anilines is 3. The molecule has 4 aromatic rings. The molecule has 0 radical (unpaired) electrons. The quantitative estimate of drug-likeness (QED) is 0.431. The lowest BCUT2D eigenvalue weighted by atomic mass is 10.1. The van der Waals surface area contributed by atoms with Gasteiger partial charge in [-0.1, -0.05) is 0 Å². The van der Waals surface area contributed by atoms with Crippen LogP contribution in [0.25, 0.3) is 22.3 Å². The van der Waals surface area contributed by atoms with Crippen molar-refractivity contribution in [3.05, 3.63) is 54.4 Å². The molecule has 38 heavy (non-hydrogen) atoms. The van der Waals surface area contributed by atoms with Gasteiger partial charge in [-0.15, -0.1) is 0 Å². The third-order valence-electron chi connectivity index (χ3n) is 8.08. The fraction of sp³-hybridized carbons (Fsp3) is 0.393. The van der Waals surface area contributed by atoms with Crippen molar-refractivity contribution >= 4 is 28.5 Å². The third-order valence-corrected chi connectivity index (χ3v) is 8.08. The molecule has 10 heteroatoms. The Balaban J connectivity index is 1.14. The summed E-state index contributed by atoms with van der Waals surface area (Å²) in [7, 11) is 0. The molecule has 3 fully saturated rings. The molecule has 3 saturated heterocycles. The van der Waals surface area contributed by atoms with Gasteiger partial charge in [0.1, 0.15) is 22.5 Å². The van der Waals surface area contributed by atoms with Crippen molar-refractivity contribution in [2.45, 2.75) is 37.9 Å². The number of nitriles is 1. The Morgan fingerprint density at radius 3 is 2.47 bits per heavy atom. The van der Waals surface area contributed by atoms with E-state index in [0.29, 0.717) is 23.7 Å². The fourth-order valence-corrected chi connectivity index (χ4v) is 6.17. The van der Waals surface area contributed by atoms with Gasteiger partial charge < -0.3 is 20.0 Å². The van der Waals surface area contributed by atoms with Crippen LogP contribution in [-0.2, 0) is 0 Å². The van der Waals surface area contributed by atoms with E-state index in [0.717, 1.165) is 79.6 Å². The lowest BCUT2D eigenvalue weighted by Crippen LogP contribution is -2.54. The zero-order valence-corrected chi connectivity index (χ0v) is 21.4. The minimum Gasteiger partial charge on any atom is -0.367 e. The SMILES string of the molecule is CC1CN(c2ccc(-c3n[nH]c4cnc(N5C6CCC5CN(c5ccc(C#N)cc5)C6)nc34)cn2)CCN1. The summed E-state index contributed by atoms with van der Waals surface area (Å²) in [6.07, 6.45) is 5.99. The summed E-state index contributed by atoms with van der Waals surface area (Å²) in [5.41, 5.74) is 5.26. The van der Waals surface area contributed by atoms with Gasteiger partial charge in [0, 0.05) is 68.3 Å². The van der Waals surface area contributed by atoms with E-state index in [-0.39, 0.29) is 0 Å². The van der Waals surface area contributed by atoms with Gasteiger partial charge in [-0.05, 0) is 56.2 Å². The molecule has 3 aliphatic rings. The second kappa shape index (κ2) is 9.26. The molecule has 10 nitrogen and oxygen atoms in total. The van der Waals surface area contributed by atoms with Crippen LogP contribution in [0.2, 0.25) is 0 Å². The van der Waals surface area contributed by atoms with E-state index in [4.69, 9.17) is 20.2 Å². The zero-order chi connectivity index (χ0) is 25.6. The molecule has 3 atom stereocenters. The minimum absolute atomic E-state index is 0.347. The first-order valence-electron chi connectivity index (χ1n) is 13.4. The average molecular weight is 507 g/mol. The van der Waals surface area contributed by atoms with Gasteiger partial charge >= 0.3 is 0 Å². The summed E-state index contributed by atoms with van der Waals surface area (Å²) in [4.78, 5) is 21.7. The molecule has 6 heterocycles. The number of aromatic nitrogens is 5. The van der Waals surface area contributed by atoms with Crippen LogP contribution in [-0.4, -0.2) is 76.0 Å². The average Bonchev–Trinajstić information content (AvgIpc) is 3.50. The van der Waals surface area contributed by atoms with Gasteiger partial charge in [0.25, 0.3) is 0 Å². The van der Waals surface area contributed by atoms with Crippen LogP contribution in [0.3, 0.4) is 0 Å². The van der Waals surface area contributed by atoms with E-state index >= 15 is 0 Å². The summed E-state index contributed by atoms with van der Waals surface area (Å²) < 4.78 is 0. The predicted molar refractivity (Wildman–Crippen MR) is 147 cm³/mol. The molecule has 3 aliphatic heterocycles. The van der Waals surface area contributed by atoms with Crippen LogP contribution >= 0.6 is 0 Å². The first-order chi connectivity index (χ1) is 18.7. The van der Waals surface area contributed by atoms with Gasteiger partial charge in [-0.2, -0.15) is 10.4 Å². The lowest BCUT2D eigenvalue weighted by molar-refractivity contribution is 0.482. The van der Waals surface area contributed by atoms with Crippen molar-refractivity contribution in [3.8, 4) is 17.3 Å². The van der Waals surface area contributed by atoms with E-state index in [1.54, 1.807) is 0 Å². The standard InChI is InChI=1S/C28H30N10/c1-18-15-36(11-10-30-18)25-9-4-20(13-31-25)26-27-24(34-35-26)14-32-28(33-27)38-22-7-8-23(38)17-37(16-22)21-5-2-19(12-29)3-6-21/h2-6,9,13-14,18,22-23,30H,7-8,10-11,15-17H2,1H3,(H,34,35). The Kier molecular flexibility index (Phi) is 5.59. The van der Waals surface area contributed by atoms with Gasteiger partial charge in [-0.3, -0.25) is 5.10 Å². The highest BCUT2D eigenvalue weighted by molar-refractivity contribution is 5.89. The number of hydrogen-bond acceptors (Lipinski definition) is 9. The van der Waals surface area contributed by atoms with Crippen LogP contribution in [0, 0.1) is 11.3 Å². The molecule has 0 saturated carbocycles. The molecule has 2 bridgehead atoms. The maximum Gasteiger partial charge on any atom is 0.226 e. The second-order valence-corrected chi connectivity index (χ2v) is 10.6. The molecule has 7 rings (SSSR count). The number of benzene rings is 1. The van der Waals surface area contributed by atoms with E-state index in [2.05, 4.69) is 67.5 Å². The van der Waals surface area contributed by atoms with Crippen molar-refractivity contribution in [2.24, 2.45) is 0 Å². The maximum absolute atomic E-state index is 9.12. The number of fused-ring (bicyclic) bond motifs is 3. The first kappa shape index (κ1) is 22.9. The van der Waals surface area contributed by atoms with Crippen molar-refractivity contribution in [1.82, 2.24) is 30.5 Å². The number of pyridine rings is 1. The van der Waals surface area contributed by atoms with Crippen LogP contribution in [0.1, 0.15) is 25.3 Å². The first-order valence-corrected chi connectivity index (χ1v) is 13.4. The van der Waals surface area contributed by atoms with E-state index in [1.165, 1.54) is 5.69 Å². The molecule has 0 aliphatic carbocycles. The van der Waals surface area contributed by atoms with Crippen molar-refractivity contribution in [3.63, 3.8) is 0 Å². The summed E-state index contributed by atoms with van der Waals surface area (Å²) in [5, 5.41) is 20.3. The predicted octanol–water partition coefficient (Wildman–Crippen LogP) is 2.94. The van der Waals surface area contributed by atoms with Crippen LogP contribution < -0.4 is 20.0 Å². The number of rotatable bonds is 4. The monoisotopic (exact) mass is 506 g/mol. The summed E-state index contributed by atoms with van der Waals surface area (Å²) in [6.45, 7) is 6.91. The number of aromatic amines is 1. The normalized spacial score (nSPS) is 23.2. The highest BCUT2D eigenvalue weighted by Crippen LogP contribution is 2.36. The Labute approximate surface area is 221 Å². The van der Waals surface area contributed by atoms with Gasteiger partial charge in [0.05, 0.1) is 17.8 Å². The molecule has 2 N–H and O–H groups in total. The van der Waals surface area contributed by atoms with E-state index in [1.807, 2.05) is 24.5 Å². The minimum atomic E-state index is 0.347. The van der Waals surface area contributed by atoms with Crippen molar-refractivity contribution < 1.29 is 0 Å². The van der Waals surface area contributed by atoms with Crippen molar-refractivity contribution in [1.29, 1.82) is 5.26 Å². The molecule has 3 aromatic heterocycles. The highest BCUT2D eigenvalue weighted by Gasteiger charge is 2.41. The largest absolute Gasteiger partial charge is 0.367 e. The topological polar surface area (TPSA) is 113 Å². The molecular formula is C28H30N10. The third kappa shape index (κ3) is 4.00. The molecular weight excluding hydrogens is 476 g/mol. The number of H-pyrrole nitrogens is 1. The molecule has 0 spiro atoms. The van der Waals surface area contributed by atoms with Gasteiger partial charge in [0.15, 0.2) is 0 Å². The lowest BCUT2D eigenvalue weighted by Gasteiger charge is -2.42. The molecule has 3 unspecified atom stereocenters.